The van der Waals surface area contributed by atoms with E-state index in [0.29, 0.717) is 18.9 Å². The van der Waals surface area contributed by atoms with Crippen molar-refractivity contribution in [2.45, 2.75) is 30.6 Å². The molecule has 0 saturated carbocycles. The lowest BCUT2D eigenvalue weighted by molar-refractivity contribution is -0.115. The van der Waals surface area contributed by atoms with Gasteiger partial charge in [-0.25, -0.2) is 18.4 Å². The van der Waals surface area contributed by atoms with Crippen LogP contribution in [0, 0.1) is 0 Å². The second-order valence-electron chi connectivity index (χ2n) is 8.25. The van der Waals surface area contributed by atoms with E-state index in [4.69, 9.17) is 0 Å². The van der Waals surface area contributed by atoms with E-state index in [1.54, 1.807) is 52.2 Å². The molecule has 3 heterocycles. The Kier molecular flexibility index (Phi) is 6.40. The van der Waals surface area contributed by atoms with Crippen molar-refractivity contribution >= 4 is 43.3 Å². The van der Waals surface area contributed by atoms with E-state index in [9.17, 15) is 13.2 Å². The molecule has 174 valence electrons. The highest BCUT2D eigenvalue weighted by Gasteiger charge is 2.25. The van der Waals surface area contributed by atoms with Gasteiger partial charge in [-0.15, -0.1) is 11.3 Å². The second kappa shape index (κ2) is 9.61. The van der Waals surface area contributed by atoms with E-state index in [1.165, 1.54) is 0 Å². The number of carbonyl (C=O) groups excluding carboxylic acids is 1. The van der Waals surface area contributed by atoms with Crippen LogP contribution in [-0.4, -0.2) is 41.7 Å². The van der Waals surface area contributed by atoms with Crippen molar-refractivity contribution in [3.8, 4) is 10.6 Å². The number of pyridine rings is 1. The molecule has 1 aliphatic rings. The van der Waals surface area contributed by atoms with Crippen LogP contribution in [-0.2, 0) is 21.2 Å². The fraction of sp³-hybridized carbons (Fsp3) is 0.240. The molecule has 2 aromatic carbocycles. The van der Waals surface area contributed by atoms with Crippen LogP contribution in [0.3, 0.4) is 0 Å². The number of hydrogen-bond acceptors (Lipinski definition) is 6. The van der Waals surface area contributed by atoms with E-state index in [0.717, 1.165) is 45.6 Å². The van der Waals surface area contributed by atoms with Crippen molar-refractivity contribution in [2.75, 3.05) is 18.4 Å². The molecule has 0 aliphatic carbocycles. The molecule has 5 rings (SSSR count). The topological polar surface area (TPSA) is 92.3 Å². The van der Waals surface area contributed by atoms with Crippen LogP contribution in [0.15, 0.2) is 71.8 Å². The van der Waals surface area contributed by atoms with Gasteiger partial charge in [0.1, 0.15) is 10.8 Å². The van der Waals surface area contributed by atoms with Gasteiger partial charge in [0.25, 0.3) is 0 Å². The third kappa shape index (κ3) is 4.86. The number of amides is 1. The molecule has 34 heavy (non-hydrogen) atoms. The molecule has 1 saturated heterocycles. The molecule has 2 aromatic heterocycles. The standard InChI is InChI=1S/C25H24N4O3S2/c30-24(16-18-8-11-20(12-9-18)34(31,32)29-14-4-1-5-15-29)28-23-13-10-19(17-26-23)25-27-21-6-2-3-7-22(21)33-25/h2-3,6-13,17H,1,4-5,14-16H2,(H,26,28,30). The van der Waals surface area contributed by atoms with Gasteiger partial charge in [-0.3, -0.25) is 4.79 Å². The minimum atomic E-state index is -3.47. The van der Waals surface area contributed by atoms with Crippen molar-refractivity contribution in [3.05, 3.63) is 72.4 Å². The Balaban J connectivity index is 1.21. The maximum absolute atomic E-state index is 12.8. The fourth-order valence-electron chi connectivity index (χ4n) is 4.00. The van der Waals surface area contributed by atoms with Crippen molar-refractivity contribution in [3.63, 3.8) is 0 Å². The summed E-state index contributed by atoms with van der Waals surface area (Å²) in [6.45, 7) is 1.13. The molecule has 1 fully saturated rings. The number of sulfonamides is 1. The lowest BCUT2D eigenvalue weighted by Gasteiger charge is -2.25. The first-order valence-electron chi connectivity index (χ1n) is 11.2. The number of hydrogen-bond donors (Lipinski definition) is 1. The lowest BCUT2D eigenvalue weighted by Crippen LogP contribution is -2.35. The number of benzene rings is 2. The number of rotatable bonds is 6. The number of para-hydroxylation sites is 1. The van der Waals surface area contributed by atoms with Gasteiger partial charge in [0, 0.05) is 24.8 Å². The summed E-state index contributed by atoms with van der Waals surface area (Å²) in [5.74, 6) is 0.242. The van der Waals surface area contributed by atoms with Gasteiger partial charge in [-0.1, -0.05) is 30.7 Å². The number of thiazole rings is 1. The summed E-state index contributed by atoms with van der Waals surface area (Å²) >= 11 is 1.60. The number of nitrogens with one attached hydrogen (secondary N) is 1. The summed E-state index contributed by atoms with van der Waals surface area (Å²) < 4.78 is 28.2. The summed E-state index contributed by atoms with van der Waals surface area (Å²) in [6, 6.07) is 18.2. The molecular formula is C25H24N4O3S2. The highest BCUT2D eigenvalue weighted by atomic mass is 32.2. The molecular weight excluding hydrogens is 468 g/mol. The highest BCUT2D eigenvalue weighted by molar-refractivity contribution is 7.89. The number of carbonyl (C=O) groups is 1. The third-order valence-corrected chi connectivity index (χ3v) is 8.81. The van der Waals surface area contributed by atoms with Gasteiger partial charge in [0.2, 0.25) is 15.9 Å². The normalized spacial score (nSPS) is 14.8. The number of fused-ring (bicyclic) bond motifs is 1. The molecule has 0 unspecified atom stereocenters. The maximum atomic E-state index is 12.8. The van der Waals surface area contributed by atoms with Gasteiger partial charge in [0.05, 0.1) is 21.5 Å². The van der Waals surface area contributed by atoms with Gasteiger partial charge in [0.15, 0.2) is 0 Å². The summed E-state index contributed by atoms with van der Waals surface area (Å²) in [7, 11) is -3.47. The smallest absolute Gasteiger partial charge is 0.243 e. The number of aromatic nitrogens is 2. The second-order valence-corrected chi connectivity index (χ2v) is 11.2. The summed E-state index contributed by atoms with van der Waals surface area (Å²) in [6.07, 6.45) is 4.69. The number of nitrogens with zero attached hydrogens (tertiary/aromatic N) is 3. The zero-order valence-electron chi connectivity index (χ0n) is 18.5. The van der Waals surface area contributed by atoms with Crippen molar-refractivity contribution in [1.29, 1.82) is 0 Å². The quantitative estimate of drug-likeness (QED) is 0.421. The molecule has 0 spiro atoms. The lowest BCUT2D eigenvalue weighted by atomic mass is 10.1. The molecule has 7 nitrogen and oxygen atoms in total. The van der Waals surface area contributed by atoms with Crippen molar-refractivity contribution in [1.82, 2.24) is 14.3 Å². The van der Waals surface area contributed by atoms with Crippen LogP contribution in [0.2, 0.25) is 0 Å². The zero-order chi connectivity index (χ0) is 23.5. The van der Waals surface area contributed by atoms with Crippen LogP contribution in [0.1, 0.15) is 24.8 Å². The largest absolute Gasteiger partial charge is 0.310 e. The molecule has 9 heteroatoms. The monoisotopic (exact) mass is 492 g/mol. The Morgan fingerprint density at radius 1 is 0.971 bits per heavy atom. The van der Waals surface area contributed by atoms with E-state index in [2.05, 4.69) is 15.3 Å². The van der Waals surface area contributed by atoms with Gasteiger partial charge in [-0.05, 0) is 54.8 Å². The van der Waals surface area contributed by atoms with Crippen molar-refractivity contribution < 1.29 is 13.2 Å². The Labute approximate surface area is 202 Å². The van der Waals surface area contributed by atoms with Crippen molar-refractivity contribution in [2.24, 2.45) is 0 Å². The Morgan fingerprint density at radius 3 is 2.44 bits per heavy atom. The summed E-state index contributed by atoms with van der Waals surface area (Å²) in [5, 5.41) is 3.68. The first kappa shape index (κ1) is 22.6. The average molecular weight is 493 g/mol. The number of piperidine rings is 1. The van der Waals surface area contributed by atoms with Gasteiger partial charge < -0.3 is 5.32 Å². The summed E-state index contributed by atoms with van der Waals surface area (Å²) in [4.78, 5) is 21.7. The minimum absolute atomic E-state index is 0.130. The van der Waals surface area contributed by atoms with Crippen LogP contribution in [0.4, 0.5) is 5.82 Å². The first-order chi connectivity index (χ1) is 16.5. The molecule has 4 aromatic rings. The minimum Gasteiger partial charge on any atom is -0.310 e. The van der Waals surface area contributed by atoms with E-state index in [-0.39, 0.29) is 17.2 Å². The van der Waals surface area contributed by atoms with Crippen LogP contribution in [0.5, 0.6) is 0 Å². The average Bonchev–Trinajstić information content (AvgIpc) is 3.30. The molecule has 0 bridgehead atoms. The SMILES string of the molecule is O=C(Cc1ccc(S(=O)(=O)N2CCCCC2)cc1)Nc1ccc(-c2nc3ccccc3s2)cn1. The predicted molar refractivity (Wildman–Crippen MR) is 134 cm³/mol. The van der Waals surface area contributed by atoms with Crippen LogP contribution >= 0.6 is 11.3 Å². The zero-order valence-corrected chi connectivity index (χ0v) is 20.1. The molecule has 1 N–H and O–H groups in total. The Bertz CT molecular complexity index is 1380. The fourth-order valence-corrected chi connectivity index (χ4v) is 6.47. The van der Waals surface area contributed by atoms with E-state index < -0.39 is 10.0 Å². The number of anilines is 1. The predicted octanol–water partition coefficient (Wildman–Crippen LogP) is 4.71. The van der Waals surface area contributed by atoms with Gasteiger partial charge >= 0.3 is 0 Å². The molecule has 1 aliphatic heterocycles. The first-order valence-corrected chi connectivity index (χ1v) is 13.5. The highest BCUT2D eigenvalue weighted by Crippen LogP contribution is 2.30. The molecule has 0 radical (unpaired) electrons. The van der Waals surface area contributed by atoms with Crippen LogP contribution < -0.4 is 5.32 Å². The summed E-state index contributed by atoms with van der Waals surface area (Å²) in [5.41, 5.74) is 2.58. The molecule has 1 amide bonds. The molecule has 0 atom stereocenters. The van der Waals surface area contributed by atoms with E-state index in [1.807, 2.05) is 30.3 Å². The Morgan fingerprint density at radius 2 is 1.74 bits per heavy atom. The third-order valence-electron chi connectivity index (χ3n) is 5.81. The Hall–Kier alpha value is -3.14. The van der Waals surface area contributed by atoms with Gasteiger partial charge in [-0.2, -0.15) is 4.31 Å². The maximum Gasteiger partial charge on any atom is 0.243 e. The van der Waals surface area contributed by atoms with Crippen LogP contribution in [0.25, 0.3) is 20.8 Å². The van der Waals surface area contributed by atoms with E-state index >= 15 is 0 Å².